The molecule has 0 radical (unpaired) electrons. The van der Waals surface area contributed by atoms with Crippen LogP contribution in [0.4, 0.5) is 0 Å². The summed E-state index contributed by atoms with van der Waals surface area (Å²) in [7, 11) is -2.85. The second-order valence-corrected chi connectivity index (χ2v) is 7.43. The van der Waals surface area contributed by atoms with Gasteiger partial charge in [-0.2, -0.15) is 0 Å². The van der Waals surface area contributed by atoms with Gasteiger partial charge in [-0.3, -0.25) is 4.90 Å². The number of terminal acetylenes is 1. The van der Waals surface area contributed by atoms with Crippen LogP contribution in [0.25, 0.3) is 0 Å². The number of ether oxygens (including phenoxy) is 1. The minimum Gasteiger partial charge on any atom is -0.380 e. The van der Waals surface area contributed by atoms with Crippen molar-refractivity contribution in [2.45, 2.75) is 26.3 Å². The molecule has 0 spiro atoms. The highest BCUT2D eigenvalue weighted by atomic mass is 32.2. The SMILES string of the molecule is C#CCN(CCOCC(C)C)[C@H]1CCS(=O)(=O)C1. The average molecular weight is 273 g/mol. The first-order valence-electron chi connectivity index (χ1n) is 6.40. The van der Waals surface area contributed by atoms with Crippen LogP contribution in [0, 0.1) is 18.3 Å². The highest BCUT2D eigenvalue weighted by Gasteiger charge is 2.31. The van der Waals surface area contributed by atoms with Crippen molar-refractivity contribution in [3.63, 3.8) is 0 Å². The smallest absolute Gasteiger partial charge is 0.151 e. The zero-order chi connectivity index (χ0) is 13.6. The second kappa shape index (κ2) is 7.13. The third kappa shape index (κ3) is 5.38. The van der Waals surface area contributed by atoms with Gasteiger partial charge in [0, 0.05) is 19.2 Å². The van der Waals surface area contributed by atoms with Crippen molar-refractivity contribution < 1.29 is 13.2 Å². The van der Waals surface area contributed by atoms with Crippen molar-refractivity contribution in [1.29, 1.82) is 0 Å². The quantitative estimate of drug-likeness (QED) is 0.508. The Bertz CT molecular complexity index is 384. The summed E-state index contributed by atoms with van der Waals surface area (Å²) < 4.78 is 28.4. The molecule has 1 heterocycles. The Morgan fingerprint density at radius 3 is 2.72 bits per heavy atom. The fourth-order valence-corrected chi connectivity index (χ4v) is 3.83. The minimum atomic E-state index is -2.85. The van der Waals surface area contributed by atoms with E-state index in [4.69, 9.17) is 11.2 Å². The molecule has 1 rings (SSSR count). The van der Waals surface area contributed by atoms with E-state index >= 15 is 0 Å². The maximum atomic E-state index is 11.5. The first-order chi connectivity index (χ1) is 8.44. The van der Waals surface area contributed by atoms with E-state index in [1.807, 2.05) is 4.90 Å². The van der Waals surface area contributed by atoms with E-state index in [0.717, 1.165) is 6.61 Å². The number of hydrogen-bond acceptors (Lipinski definition) is 4. The van der Waals surface area contributed by atoms with Gasteiger partial charge in [-0.05, 0) is 12.3 Å². The molecule has 1 aliphatic rings. The summed E-state index contributed by atoms with van der Waals surface area (Å²) in [5.41, 5.74) is 0. The van der Waals surface area contributed by atoms with E-state index in [9.17, 15) is 8.42 Å². The van der Waals surface area contributed by atoms with E-state index in [0.29, 0.717) is 32.0 Å². The van der Waals surface area contributed by atoms with Gasteiger partial charge in [-0.15, -0.1) is 6.42 Å². The summed E-state index contributed by atoms with van der Waals surface area (Å²) in [6.45, 7) is 6.73. The fourth-order valence-electron chi connectivity index (χ4n) is 2.07. The molecule has 0 amide bonds. The Balaban J connectivity index is 2.39. The first kappa shape index (κ1) is 15.5. The zero-order valence-corrected chi connectivity index (χ0v) is 12.1. The molecule has 1 aliphatic heterocycles. The fraction of sp³-hybridized carbons (Fsp3) is 0.846. The molecule has 104 valence electrons. The molecule has 18 heavy (non-hydrogen) atoms. The van der Waals surface area contributed by atoms with Gasteiger partial charge in [0.05, 0.1) is 24.7 Å². The topological polar surface area (TPSA) is 46.6 Å². The van der Waals surface area contributed by atoms with Crippen molar-refractivity contribution >= 4 is 9.84 Å². The van der Waals surface area contributed by atoms with Crippen molar-refractivity contribution in [3.8, 4) is 12.3 Å². The molecule has 1 fully saturated rings. The number of nitrogens with zero attached hydrogens (tertiary/aromatic N) is 1. The summed E-state index contributed by atoms with van der Waals surface area (Å²) in [5, 5.41) is 0. The van der Waals surface area contributed by atoms with E-state index in [1.165, 1.54) is 0 Å². The van der Waals surface area contributed by atoms with Crippen LogP contribution >= 0.6 is 0 Å². The molecule has 0 N–H and O–H groups in total. The van der Waals surface area contributed by atoms with Crippen LogP contribution in [0.3, 0.4) is 0 Å². The van der Waals surface area contributed by atoms with E-state index in [1.54, 1.807) is 0 Å². The Labute approximate surface area is 111 Å². The van der Waals surface area contributed by atoms with Crippen LogP contribution in [0.15, 0.2) is 0 Å². The highest BCUT2D eigenvalue weighted by Crippen LogP contribution is 2.17. The van der Waals surface area contributed by atoms with Crippen LogP contribution in [0.2, 0.25) is 0 Å². The van der Waals surface area contributed by atoms with Gasteiger partial charge in [-0.1, -0.05) is 19.8 Å². The molecule has 0 bridgehead atoms. The molecular formula is C13H23NO3S. The molecule has 0 aromatic rings. The Morgan fingerprint density at radius 1 is 1.50 bits per heavy atom. The monoisotopic (exact) mass is 273 g/mol. The molecule has 0 aromatic carbocycles. The molecule has 0 aliphatic carbocycles. The maximum absolute atomic E-state index is 11.5. The van der Waals surface area contributed by atoms with Crippen molar-refractivity contribution in [2.24, 2.45) is 5.92 Å². The van der Waals surface area contributed by atoms with Crippen LogP contribution in [0.5, 0.6) is 0 Å². The third-order valence-electron chi connectivity index (χ3n) is 2.99. The van der Waals surface area contributed by atoms with Gasteiger partial charge in [0.15, 0.2) is 9.84 Å². The molecular weight excluding hydrogens is 250 g/mol. The Morgan fingerprint density at radius 2 is 2.22 bits per heavy atom. The molecule has 1 saturated heterocycles. The predicted molar refractivity (Wildman–Crippen MR) is 73.1 cm³/mol. The van der Waals surface area contributed by atoms with Gasteiger partial charge < -0.3 is 4.74 Å². The third-order valence-corrected chi connectivity index (χ3v) is 4.74. The minimum absolute atomic E-state index is 0.0636. The average Bonchev–Trinajstić information content (AvgIpc) is 2.63. The molecule has 5 heteroatoms. The Hall–Kier alpha value is -0.570. The lowest BCUT2D eigenvalue weighted by atomic mass is 10.2. The molecule has 4 nitrogen and oxygen atoms in total. The molecule has 0 aromatic heterocycles. The number of rotatable bonds is 7. The summed E-state index contributed by atoms with van der Waals surface area (Å²) in [4.78, 5) is 2.05. The van der Waals surface area contributed by atoms with Gasteiger partial charge in [0.1, 0.15) is 0 Å². The van der Waals surface area contributed by atoms with Crippen LogP contribution in [-0.2, 0) is 14.6 Å². The van der Waals surface area contributed by atoms with Crippen LogP contribution in [0.1, 0.15) is 20.3 Å². The summed E-state index contributed by atoms with van der Waals surface area (Å²) in [5.74, 6) is 3.63. The van der Waals surface area contributed by atoms with E-state index in [2.05, 4.69) is 19.8 Å². The van der Waals surface area contributed by atoms with Crippen LogP contribution in [-0.4, -0.2) is 57.2 Å². The van der Waals surface area contributed by atoms with Crippen molar-refractivity contribution in [1.82, 2.24) is 4.90 Å². The second-order valence-electron chi connectivity index (χ2n) is 5.20. The van der Waals surface area contributed by atoms with Gasteiger partial charge in [0.2, 0.25) is 0 Å². The standard InChI is InChI=1S/C13H23NO3S/c1-4-6-14(7-8-17-10-12(2)3)13-5-9-18(15,16)11-13/h1,12-13H,5-11H2,2-3H3/t13-/m0/s1. The van der Waals surface area contributed by atoms with Crippen molar-refractivity contribution in [2.75, 3.05) is 37.8 Å². The summed E-state index contributed by atoms with van der Waals surface area (Å²) >= 11 is 0. The zero-order valence-electron chi connectivity index (χ0n) is 11.3. The summed E-state index contributed by atoms with van der Waals surface area (Å²) in [6, 6.07) is 0.0636. The lowest BCUT2D eigenvalue weighted by molar-refractivity contribution is 0.0799. The molecule has 1 atom stereocenters. The predicted octanol–water partition coefficient (Wildman–Crippen LogP) is 0.781. The molecule has 0 unspecified atom stereocenters. The lowest BCUT2D eigenvalue weighted by Crippen LogP contribution is -2.39. The van der Waals surface area contributed by atoms with Crippen LogP contribution < -0.4 is 0 Å². The van der Waals surface area contributed by atoms with Gasteiger partial charge in [-0.25, -0.2) is 8.42 Å². The number of sulfone groups is 1. The normalized spacial score (nSPS) is 22.5. The largest absolute Gasteiger partial charge is 0.380 e. The van der Waals surface area contributed by atoms with Gasteiger partial charge in [0.25, 0.3) is 0 Å². The van der Waals surface area contributed by atoms with Gasteiger partial charge >= 0.3 is 0 Å². The first-order valence-corrected chi connectivity index (χ1v) is 8.22. The molecule has 0 saturated carbocycles. The van der Waals surface area contributed by atoms with Crippen molar-refractivity contribution in [3.05, 3.63) is 0 Å². The lowest BCUT2D eigenvalue weighted by Gasteiger charge is -2.25. The summed E-state index contributed by atoms with van der Waals surface area (Å²) in [6.07, 6.45) is 6.02. The Kier molecular flexibility index (Phi) is 6.13. The number of hydrogen-bond donors (Lipinski definition) is 0. The van der Waals surface area contributed by atoms with E-state index in [-0.39, 0.29) is 17.5 Å². The van der Waals surface area contributed by atoms with E-state index < -0.39 is 9.84 Å². The highest BCUT2D eigenvalue weighted by molar-refractivity contribution is 7.91. The maximum Gasteiger partial charge on any atom is 0.151 e.